The molecule has 0 radical (unpaired) electrons. The van der Waals surface area contributed by atoms with E-state index in [2.05, 4.69) is 64.3 Å². The summed E-state index contributed by atoms with van der Waals surface area (Å²) < 4.78 is 7.00. The number of nitrogens with zero attached hydrogens (tertiary/aromatic N) is 2. The third-order valence-corrected chi connectivity index (χ3v) is 4.97. The molecule has 2 aromatic rings. The van der Waals surface area contributed by atoms with Crippen LogP contribution in [0.1, 0.15) is 18.2 Å². The zero-order chi connectivity index (χ0) is 20.2. The number of thioether (sulfide) groups is 1. The van der Waals surface area contributed by atoms with E-state index in [0.29, 0.717) is 6.61 Å². The first-order chi connectivity index (χ1) is 13.6. The minimum absolute atomic E-state index is 0.191. The number of likely N-dealkylation sites (N-methyl/N-ethyl adjacent to an activating group) is 1. The van der Waals surface area contributed by atoms with E-state index < -0.39 is 0 Å². The van der Waals surface area contributed by atoms with E-state index in [1.54, 1.807) is 0 Å². The fourth-order valence-corrected chi connectivity index (χ4v) is 3.32. The average Bonchev–Trinajstić information content (AvgIpc) is 2.68. The Labute approximate surface area is 172 Å². The van der Waals surface area contributed by atoms with E-state index in [-0.39, 0.29) is 5.30 Å². The summed E-state index contributed by atoms with van der Waals surface area (Å²) in [5.41, 5.74) is 3.44. The quantitative estimate of drug-likeness (QED) is 0.484. The Balaban J connectivity index is 1.70. The topological polar surface area (TPSA) is 45.5 Å². The number of rotatable bonds is 10. The first-order valence-corrected chi connectivity index (χ1v) is 10.5. The number of carbonyl (C=O) groups is 1. The molecule has 0 aliphatic carbocycles. The van der Waals surface area contributed by atoms with Gasteiger partial charge in [-0.15, -0.1) is 0 Å². The summed E-state index contributed by atoms with van der Waals surface area (Å²) >= 11 is 1.23. The summed E-state index contributed by atoms with van der Waals surface area (Å²) in [6.45, 7) is 4.88. The van der Waals surface area contributed by atoms with Crippen molar-refractivity contribution in [2.24, 2.45) is 7.05 Å². The molecule has 1 aromatic carbocycles. The Morgan fingerprint density at radius 1 is 1.18 bits per heavy atom. The van der Waals surface area contributed by atoms with Crippen molar-refractivity contribution in [3.8, 4) is 0 Å². The first kappa shape index (κ1) is 22.0. The van der Waals surface area contributed by atoms with Crippen LogP contribution in [0.3, 0.4) is 0 Å². The Morgan fingerprint density at radius 2 is 1.96 bits per heavy atom. The fourth-order valence-electron chi connectivity index (χ4n) is 2.55. The molecule has 5 nitrogen and oxygen atoms in total. The van der Waals surface area contributed by atoms with Gasteiger partial charge in [0.1, 0.15) is 7.05 Å². The molecule has 28 heavy (non-hydrogen) atoms. The highest BCUT2D eigenvalue weighted by Gasteiger charge is 2.04. The van der Waals surface area contributed by atoms with Crippen LogP contribution >= 0.6 is 11.8 Å². The molecule has 0 aliphatic heterocycles. The summed E-state index contributed by atoms with van der Waals surface area (Å²) in [6, 6.07) is 14.6. The van der Waals surface area contributed by atoms with Gasteiger partial charge in [0.25, 0.3) is 0 Å². The number of hydrogen-bond donors (Lipinski definition) is 1. The monoisotopic (exact) mass is 400 g/mol. The van der Waals surface area contributed by atoms with E-state index in [4.69, 9.17) is 4.74 Å². The van der Waals surface area contributed by atoms with Gasteiger partial charge in [-0.2, -0.15) is 0 Å². The molecule has 2 rings (SSSR count). The molecule has 0 atom stereocenters. The Bertz CT molecular complexity index is 763. The summed E-state index contributed by atoms with van der Waals surface area (Å²) in [6.07, 6.45) is 6.28. The summed E-state index contributed by atoms with van der Waals surface area (Å²) in [7, 11) is 4.10. The van der Waals surface area contributed by atoms with Crippen LogP contribution in [0, 0.1) is 0 Å². The van der Waals surface area contributed by atoms with Crippen molar-refractivity contribution in [3.63, 3.8) is 0 Å². The van der Waals surface area contributed by atoms with E-state index in [1.807, 2.05) is 32.3 Å². The van der Waals surface area contributed by atoms with Gasteiger partial charge in [0.2, 0.25) is 5.69 Å². The number of hydrogen-bond acceptors (Lipinski definition) is 5. The lowest BCUT2D eigenvalue weighted by Crippen LogP contribution is -2.30. The van der Waals surface area contributed by atoms with Crippen molar-refractivity contribution < 1.29 is 14.1 Å². The van der Waals surface area contributed by atoms with E-state index in [1.165, 1.54) is 17.3 Å². The molecule has 0 saturated heterocycles. The van der Waals surface area contributed by atoms with Gasteiger partial charge >= 0.3 is 5.30 Å². The van der Waals surface area contributed by atoms with Crippen LogP contribution < -0.4 is 9.88 Å². The smallest absolute Gasteiger partial charge is 0.367 e. The summed E-state index contributed by atoms with van der Waals surface area (Å²) in [5.74, 6) is 0.746. The normalized spacial score (nSPS) is 11.1. The number of carbonyl (C=O) groups excluding carboxylic acids is 1. The second-order valence-corrected chi connectivity index (χ2v) is 7.48. The number of ether oxygens (including phenoxy) is 1. The number of aryl methyl sites for hydroxylation is 1. The molecule has 1 N–H and O–H groups in total. The molecule has 0 fully saturated rings. The van der Waals surface area contributed by atoms with Gasteiger partial charge in [-0.3, -0.25) is 0 Å². The van der Waals surface area contributed by atoms with Crippen LogP contribution in [0.4, 0.5) is 10.5 Å². The van der Waals surface area contributed by atoms with Gasteiger partial charge in [0.05, 0.1) is 6.61 Å². The van der Waals surface area contributed by atoms with E-state index in [9.17, 15) is 4.79 Å². The highest BCUT2D eigenvalue weighted by atomic mass is 32.2. The molecule has 1 heterocycles. The fraction of sp³-hybridized carbons (Fsp3) is 0.364. The number of benzene rings is 1. The van der Waals surface area contributed by atoms with Crippen LogP contribution in [-0.2, 0) is 11.8 Å². The zero-order valence-corrected chi connectivity index (χ0v) is 17.7. The van der Waals surface area contributed by atoms with Crippen LogP contribution in [-0.4, -0.2) is 49.2 Å². The summed E-state index contributed by atoms with van der Waals surface area (Å²) in [4.78, 5) is 13.5. The standard InChI is InChI=1S/C22H29N3O2S/c1-4-27-22(26)28-18-17-24(2)16-14-23-20-11-8-19(9-12-20)10-13-21-7-5-6-15-25(21)3/h5-13,15H,4,14,16-18H2,1-3H3/p+1. The molecule has 1 aromatic heterocycles. The lowest BCUT2D eigenvalue weighted by Gasteiger charge is -2.16. The highest BCUT2D eigenvalue weighted by molar-refractivity contribution is 8.13. The average molecular weight is 401 g/mol. The molecular formula is C22H30N3O2S+. The minimum atomic E-state index is -0.191. The lowest BCUT2D eigenvalue weighted by atomic mass is 10.1. The van der Waals surface area contributed by atoms with Crippen molar-refractivity contribution in [3.05, 3.63) is 59.9 Å². The van der Waals surface area contributed by atoms with Gasteiger partial charge in [0.15, 0.2) is 6.20 Å². The maximum Gasteiger partial charge on any atom is 0.367 e. The lowest BCUT2D eigenvalue weighted by molar-refractivity contribution is -0.673. The molecule has 0 spiro atoms. The molecule has 0 unspecified atom stereocenters. The summed E-state index contributed by atoms with van der Waals surface area (Å²) in [5, 5.41) is 3.25. The Morgan fingerprint density at radius 3 is 2.68 bits per heavy atom. The Kier molecular flexibility index (Phi) is 9.59. The van der Waals surface area contributed by atoms with Gasteiger partial charge in [-0.1, -0.05) is 12.1 Å². The van der Waals surface area contributed by atoms with Gasteiger partial charge < -0.3 is 15.0 Å². The van der Waals surface area contributed by atoms with E-state index in [0.717, 1.165) is 36.8 Å². The van der Waals surface area contributed by atoms with Gasteiger partial charge in [0, 0.05) is 49.3 Å². The first-order valence-electron chi connectivity index (χ1n) is 9.53. The van der Waals surface area contributed by atoms with Crippen molar-refractivity contribution in [2.75, 3.05) is 44.4 Å². The van der Waals surface area contributed by atoms with Crippen molar-refractivity contribution in [1.29, 1.82) is 0 Å². The number of aromatic nitrogens is 1. The SMILES string of the molecule is CCOC(=O)SCCN(C)CCNc1ccc(/C=C/c2cccc[n+]2C)cc1. The third kappa shape index (κ3) is 8.15. The zero-order valence-electron chi connectivity index (χ0n) is 16.9. The maximum absolute atomic E-state index is 11.3. The number of anilines is 1. The van der Waals surface area contributed by atoms with Crippen molar-refractivity contribution >= 4 is 34.9 Å². The van der Waals surface area contributed by atoms with Gasteiger partial charge in [-0.05, 0) is 55.6 Å². The highest BCUT2D eigenvalue weighted by Crippen LogP contribution is 2.12. The van der Waals surface area contributed by atoms with Crippen molar-refractivity contribution in [2.45, 2.75) is 6.92 Å². The second-order valence-electron chi connectivity index (χ2n) is 6.45. The largest absolute Gasteiger partial charge is 0.458 e. The molecular weight excluding hydrogens is 370 g/mol. The third-order valence-electron chi connectivity index (χ3n) is 4.23. The minimum Gasteiger partial charge on any atom is -0.458 e. The maximum atomic E-state index is 11.3. The predicted molar refractivity (Wildman–Crippen MR) is 118 cm³/mol. The molecule has 0 amide bonds. The second kappa shape index (κ2) is 12.2. The predicted octanol–water partition coefficient (Wildman–Crippen LogP) is 3.91. The van der Waals surface area contributed by atoms with Crippen LogP contribution in [0.5, 0.6) is 0 Å². The van der Waals surface area contributed by atoms with Crippen LogP contribution in [0.2, 0.25) is 0 Å². The molecule has 0 saturated carbocycles. The molecule has 0 aliphatic rings. The Hall–Kier alpha value is -2.31. The van der Waals surface area contributed by atoms with Crippen LogP contribution in [0.25, 0.3) is 12.2 Å². The van der Waals surface area contributed by atoms with Gasteiger partial charge in [-0.25, -0.2) is 9.36 Å². The van der Waals surface area contributed by atoms with Crippen LogP contribution in [0.15, 0.2) is 48.7 Å². The van der Waals surface area contributed by atoms with E-state index >= 15 is 0 Å². The number of pyridine rings is 1. The van der Waals surface area contributed by atoms with Crippen molar-refractivity contribution in [1.82, 2.24) is 4.90 Å². The molecule has 150 valence electrons. The number of nitrogens with one attached hydrogen (secondary N) is 1. The molecule has 0 bridgehead atoms. The molecule has 6 heteroatoms.